The summed E-state index contributed by atoms with van der Waals surface area (Å²) in [6.45, 7) is 3.37. The third-order valence-corrected chi connectivity index (χ3v) is 5.58. The van der Waals surface area contributed by atoms with E-state index in [1.54, 1.807) is 32.0 Å². The molecule has 0 N–H and O–H groups in total. The van der Waals surface area contributed by atoms with Crippen molar-refractivity contribution in [2.75, 3.05) is 18.0 Å². The van der Waals surface area contributed by atoms with Gasteiger partial charge in [-0.25, -0.2) is 8.42 Å². The van der Waals surface area contributed by atoms with E-state index in [0.29, 0.717) is 17.0 Å². The summed E-state index contributed by atoms with van der Waals surface area (Å²) in [5, 5.41) is 11.1. The van der Waals surface area contributed by atoms with Crippen molar-refractivity contribution in [3.05, 3.63) is 58.1 Å². The van der Waals surface area contributed by atoms with Gasteiger partial charge in [0.05, 0.1) is 28.2 Å². The predicted molar refractivity (Wildman–Crippen MR) is 91.0 cm³/mol. The number of nitrogens with zero attached hydrogens (tertiary/aromatic N) is 2. The predicted octanol–water partition coefficient (Wildman–Crippen LogP) is 3.13. The minimum atomic E-state index is -3.84. The van der Waals surface area contributed by atoms with Crippen LogP contribution in [0.2, 0.25) is 0 Å². The molecule has 2 rings (SSSR count). The van der Waals surface area contributed by atoms with Crippen molar-refractivity contribution < 1.29 is 18.1 Å². The minimum Gasteiger partial charge on any atom is -0.497 e. The van der Waals surface area contributed by atoms with Gasteiger partial charge in [0.2, 0.25) is 0 Å². The van der Waals surface area contributed by atoms with E-state index in [1.807, 2.05) is 0 Å². The molecule has 0 radical (unpaired) electrons. The number of methoxy groups -OCH3 is 1. The molecule has 0 aliphatic heterocycles. The number of ether oxygens (including phenoxy) is 1. The first-order valence-electron chi connectivity index (χ1n) is 7.23. The molecule has 0 unspecified atom stereocenters. The maximum absolute atomic E-state index is 12.9. The summed E-state index contributed by atoms with van der Waals surface area (Å²) in [6, 6.07) is 10.4. The number of anilines is 1. The van der Waals surface area contributed by atoms with Crippen molar-refractivity contribution in [2.45, 2.75) is 18.7 Å². The summed E-state index contributed by atoms with van der Waals surface area (Å²) >= 11 is 0. The Balaban J connectivity index is 2.54. The van der Waals surface area contributed by atoms with Gasteiger partial charge in [0.15, 0.2) is 0 Å². The summed E-state index contributed by atoms with van der Waals surface area (Å²) in [4.78, 5) is 10.7. The zero-order chi connectivity index (χ0) is 17.9. The minimum absolute atomic E-state index is 0.0936. The van der Waals surface area contributed by atoms with Crippen LogP contribution in [0.3, 0.4) is 0 Å². The number of hydrogen-bond donors (Lipinski definition) is 0. The fraction of sp³-hybridized carbons (Fsp3) is 0.250. The fourth-order valence-corrected chi connectivity index (χ4v) is 3.96. The first kappa shape index (κ1) is 17.7. The Hall–Kier alpha value is -2.61. The summed E-state index contributed by atoms with van der Waals surface area (Å²) in [5.74, 6) is 0.545. The summed E-state index contributed by atoms with van der Waals surface area (Å²) in [7, 11) is -2.34. The van der Waals surface area contributed by atoms with E-state index in [-0.39, 0.29) is 17.1 Å². The molecule has 0 fully saturated rings. The number of sulfonamides is 1. The lowest BCUT2D eigenvalue weighted by atomic mass is 10.1. The molecular weight excluding hydrogens is 332 g/mol. The average molecular weight is 350 g/mol. The Morgan fingerprint density at radius 3 is 2.29 bits per heavy atom. The number of hydrogen-bond acceptors (Lipinski definition) is 5. The van der Waals surface area contributed by atoms with E-state index in [9.17, 15) is 18.5 Å². The molecule has 0 saturated heterocycles. The standard InChI is InChI=1S/C16H18N2O5S/c1-4-17(15-6-5-7-16(12(15)2)18(19)20)24(21,22)14-10-8-13(23-3)9-11-14/h5-11H,4H2,1-3H3. The quantitative estimate of drug-likeness (QED) is 0.590. The number of nitro groups is 1. The van der Waals surface area contributed by atoms with Crippen molar-refractivity contribution in [2.24, 2.45) is 0 Å². The third-order valence-electron chi connectivity index (χ3n) is 3.68. The summed E-state index contributed by atoms with van der Waals surface area (Å²) in [5.41, 5.74) is 0.486. The Morgan fingerprint density at radius 2 is 1.79 bits per heavy atom. The van der Waals surface area contributed by atoms with E-state index in [1.165, 1.54) is 31.4 Å². The van der Waals surface area contributed by atoms with Crippen LogP contribution in [0.25, 0.3) is 0 Å². The Bertz CT molecular complexity index is 847. The maximum atomic E-state index is 12.9. The second kappa shape index (κ2) is 6.88. The molecule has 24 heavy (non-hydrogen) atoms. The maximum Gasteiger partial charge on any atom is 0.274 e. The first-order chi connectivity index (χ1) is 11.3. The second-order valence-electron chi connectivity index (χ2n) is 5.02. The van der Waals surface area contributed by atoms with Gasteiger partial charge in [-0.2, -0.15) is 0 Å². The van der Waals surface area contributed by atoms with Gasteiger partial charge in [-0.1, -0.05) is 6.07 Å². The van der Waals surface area contributed by atoms with E-state index >= 15 is 0 Å². The van der Waals surface area contributed by atoms with Crippen LogP contribution >= 0.6 is 0 Å². The number of benzene rings is 2. The molecule has 8 heteroatoms. The smallest absolute Gasteiger partial charge is 0.274 e. The first-order valence-corrected chi connectivity index (χ1v) is 8.67. The average Bonchev–Trinajstić information content (AvgIpc) is 2.56. The Kier molecular flexibility index (Phi) is 5.08. The molecule has 2 aromatic carbocycles. The van der Waals surface area contributed by atoms with Gasteiger partial charge in [-0.3, -0.25) is 14.4 Å². The molecule has 0 saturated carbocycles. The van der Waals surface area contributed by atoms with Crippen molar-refractivity contribution in [3.63, 3.8) is 0 Å². The zero-order valence-corrected chi connectivity index (χ0v) is 14.4. The molecule has 0 aliphatic carbocycles. The lowest BCUT2D eigenvalue weighted by Crippen LogP contribution is -2.31. The van der Waals surface area contributed by atoms with Crippen LogP contribution in [0.1, 0.15) is 12.5 Å². The lowest BCUT2D eigenvalue weighted by molar-refractivity contribution is -0.385. The van der Waals surface area contributed by atoms with Crippen LogP contribution in [-0.4, -0.2) is 27.0 Å². The van der Waals surface area contributed by atoms with Gasteiger partial charge in [-0.05, 0) is 44.2 Å². The molecular formula is C16H18N2O5S. The van der Waals surface area contributed by atoms with Gasteiger partial charge in [0, 0.05) is 12.6 Å². The van der Waals surface area contributed by atoms with Gasteiger partial charge < -0.3 is 4.74 Å². The highest BCUT2D eigenvalue weighted by Crippen LogP contribution is 2.32. The SMILES string of the molecule is CCN(c1cccc([N+](=O)[O-])c1C)S(=O)(=O)c1ccc(OC)cc1. The molecule has 0 aromatic heterocycles. The van der Waals surface area contributed by atoms with E-state index in [4.69, 9.17) is 4.74 Å². The third kappa shape index (κ3) is 3.18. The van der Waals surface area contributed by atoms with Crippen LogP contribution in [0.5, 0.6) is 5.75 Å². The molecule has 128 valence electrons. The van der Waals surface area contributed by atoms with Crippen molar-refractivity contribution in [3.8, 4) is 5.75 Å². The number of rotatable bonds is 6. The van der Waals surface area contributed by atoms with Crippen molar-refractivity contribution in [1.82, 2.24) is 0 Å². The van der Waals surface area contributed by atoms with Crippen molar-refractivity contribution >= 4 is 21.4 Å². The Labute approximate surface area is 140 Å². The van der Waals surface area contributed by atoms with Gasteiger partial charge in [0.1, 0.15) is 5.75 Å². The van der Waals surface area contributed by atoms with E-state index in [2.05, 4.69) is 0 Å². The summed E-state index contributed by atoms with van der Waals surface area (Å²) < 4.78 is 32.0. The highest BCUT2D eigenvalue weighted by Gasteiger charge is 2.27. The highest BCUT2D eigenvalue weighted by atomic mass is 32.2. The van der Waals surface area contributed by atoms with Crippen LogP contribution in [-0.2, 0) is 10.0 Å². The molecule has 7 nitrogen and oxygen atoms in total. The molecule has 0 spiro atoms. The molecule has 0 aliphatic rings. The number of nitro benzene ring substituents is 1. The normalized spacial score (nSPS) is 11.1. The largest absolute Gasteiger partial charge is 0.497 e. The van der Waals surface area contributed by atoms with Gasteiger partial charge in [0.25, 0.3) is 15.7 Å². The van der Waals surface area contributed by atoms with Crippen LogP contribution < -0.4 is 9.04 Å². The molecule has 0 atom stereocenters. The highest BCUT2D eigenvalue weighted by molar-refractivity contribution is 7.92. The van der Waals surface area contributed by atoms with E-state index < -0.39 is 14.9 Å². The van der Waals surface area contributed by atoms with Crippen LogP contribution in [0, 0.1) is 17.0 Å². The van der Waals surface area contributed by atoms with Crippen molar-refractivity contribution in [1.29, 1.82) is 0 Å². The zero-order valence-electron chi connectivity index (χ0n) is 13.6. The van der Waals surface area contributed by atoms with Crippen LogP contribution in [0.15, 0.2) is 47.4 Å². The lowest BCUT2D eigenvalue weighted by Gasteiger charge is -2.24. The molecule has 0 heterocycles. The van der Waals surface area contributed by atoms with Gasteiger partial charge in [-0.15, -0.1) is 0 Å². The molecule has 0 bridgehead atoms. The Morgan fingerprint density at radius 1 is 1.17 bits per heavy atom. The van der Waals surface area contributed by atoms with Crippen LogP contribution in [0.4, 0.5) is 11.4 Å². The topological polar surface area (TPSA) is 89.8 Å². The molecule has 0 amide bonds. The summed E-state index contributed by atoms with van der Waals surface area (Å²) in [6.07, 6.45) is 0. The molecule has 2 aromatic rings. The van der Waals surface area contributed by atoms with E-state index in [0.717, 1.165) is 4.31 Å². The second-order valence-corrected chi connectivity index (χ2v) is 6.89. The fourth-order valence-electron chi connectivity index (χ4n) is 2.42. The van der Waals surface area contributed by atoms with Gasteiger partial charge >= 0.3 is 0 Å². The monoisotopic (exact) mass is 350 g/mol.